The van der Waals surface area contributed by atoms with Gasteiger partial charge in [0.2, 0.25) is 5.91 Å². The zero-order valence-corrected chi connectivity index (χ0v) is 19.1. The molecule has 0 spiro atoms. The van der Waals surface area contributed by atoms with Gasteiger partial charge < -0.3 is 9.80 Å². The first-order valence-electron chi connectivity index (χ1n) is 12.0. The lowest BCUT2D eigenvalue weighted by Gasteiger charge is -2.37. The van der Waals surface area contributed by atoms with Crippen molar-refractivity contribution in [2.24, 2.45) is 11.8 Å². The highest BCUT2D eigenvalue weighted by Gasteiger charge is 2.36. The van der Waals surface area contributed by atoms with E-state index in [-0.39, 0.29) is 29.5 Å². The van der Waals surface area contributed by atoms with Gasteiger partial charge in [-0.2, -0.15) is 0 Å². The molecule has 2 fully saturated rings. The van der Waals surface area contributed by atoms with Gasteiger partial charge in [0.05, 0.1) is 11.1 Å². The highest BCUT2D eigenvalue weighted by Crippen LogP contribution is 2.27. The van der Waals surface area contributed by atoms with Gasteiger partial charge in [-0.25, -0.2) is 0 Å². The van der Waals surface area contributed by atoms with Gasteiger partial charge in [0.1, 0.15) is 0 Å². The first-order valence-corrected chi connectivity index (χ1v) is 12.0. The number of benzene rings is 1. The molecule has 0 aromatic heterocycles. The van der Waals surface area contributed by atoms with E-state index in [0.717, 1.165) is 32.4 Å². The topological polar surface area (TPSA) is 78.0 Å². The quantitative estimate of drug-likeness (QED) is 0.660. The Kier molecular flexibility index (Phi) is 6.63. The van der Waals surface area contributed by atoms with Crippen molar-refractivity contribution in [2.45, 2.75) is 52.4 Å². The molecule has 1 atom stereocenters. The molecule has 0 radical (unpaired) electrons. The van der Waals surface area contributed by atoms with Crippen LogP contribution in [0.25, 0.3) is 0 Å². The Bertz CT molecular complexity index is 920. The molecule has 7 heteroatoms. The average Bonchev–Trinajstić information content (AvgIpc) is 3.05. The van der Waals surface area contributed by atoms with Gasteiger partial charge in [0.25, 0.3) is 17.7 Å². The first-order chi connectivity index (χ1) is 15.4. The monoisotopic (exact) mass is 439 g/mol. The summed E-state index contributed by atoms with van der Waals surface area (Å²) >= 11 is 0. The second-order valence-electron chi connectivity index (χ2n) is 9.47. The second kappa shape index (κ2) is 9.43. The minimum Gasteiger partial charge on any atom is -0.342 e. The van der Waals surface area contributed by atoms with Crippen LogP contribution in [0, 0.1) is 11.8 Å². The molecule has 1 unspecified atom stereocenters. The zero-order valence-electron chi connectivity index (χ0n) is 19.1. The summed E-state index contributed by atoms with van der Waals surface area (Å²) in [6.45, 7) is 7.37. The van der Waals surface area contributed by atoms with Crippen molar-refractivity contribution in [3.63, 3.8) is 0 Å². The van der Waals surface area contributed by atoms with Crippen molar-refractivity contribution in [3.05, 3.63) is 34.9 Å². The van der Waals surface area contributed by atoms with E-state index in [1.807, 2.05) is 11.8 Å². The Morgan fingerprint density at radius 1 is 0.969 bits per heavy atom. The van der Waals surface area contributed by atoms with E-state index in [4.69, 9.17) is 0 Å². The summed E-state index contributed by atoms with van der Waals surface area (Å²) in [4.78, 5) is 56.2. The molecule has 172 valence electrons. The van der Waals surface area contributed by atoms with Crippen LogP contribution in [0.3, 0.4) is 0 Å². The van der Waals surface area contributed by atoms with E-state index < -0.39 is 0 Å². The summed E-state index contributed by atoms with van der Waals surface area (Å²) in [5.74, 6) is 0.0457. The van der Waals surface area contributed by atoms with Gasteiger partial charge in [-0.15, -0.1) is 0 Å². The average molecular weight is 440 g/mol. The molecule has 1 aromatic rings. The second-order valence-corrected chi connectivity index (χ2v) is 9.47. The molecule has 0 aliphatic carbocycles. The van der Waals surface area contributed by atoms with Crippen molar-refractivity contribution in [1.82, 2.24) is 14.7 Å². The van der Waals surface area contributed by atoms with Crippen LogP contribution in [-0.2, 0) is 4.79 Å². The fraction of sp³-hybridized carbons (Fsp3) is 0.600. The van der Waals surface area contributed by atoms with Crippen molar-refractivity contribution < 1.29 is 19.2 Å². The van der Waals surface area contributed by atoms with Crippen LogP contribution in [0.1, 0.15) is 83.4 Å². The molecule has 0 bridgehead atoms. The molecule has 3 heterocycles. The maximum absolute atomic E-state index is 13.1. The smallest absolute Gasteiger partial charge is 0.261 e. The molecule has 7 nitrogen and oxygen atoms in total. The number of carbonyl (C=O) groups is 4. The third-order valence-corrected chi connectivity index (χ3v) is 7.05. The number of hydrogen-bond acceptors (Lipinski definition) is 4. The summed E-state index contributed by atoms with van der Waals surface area (Å²) < 4.78 is 0. The summed E-state index contributed by atoms with van der Waals surface area (Å²) in [7, 11) is 0. The third kappa shape index (κ3) is 4.30. The largest absolute Gasteiger partial charge is 0.342 e. The molecular weight excluding hydrogens is 406 g/mol. The minimum absolute atomic E-state index is 0.0179. The Hall–Kier alpha value is -2.70. The normalized spacial score (nSPS) is 21.8. The molecule has 0 saturated carbocycles. The molecule has 4 amide bonds. The van der Waals surface area contributed by atoms with Crippen molar-refractivity contribution in [3.8, 4) is 0 Å². The number of likely N-dealkylation sites (tertiary alicyclic amines) is 2. The summed E-state index contributed by atoms with van der Waals surface area (Å²) in [6, 6.07) is 4.81. The standard InChI is InChI=1S/C25H33N3O4/c1-3-4-12-28-24(31)20-8-7-19(15-21(20)25(28)32)23(30)26-13-9-18(10-14-26)22(29)27-11-5-6-17(2)16-27/h7-8,15,17-18H,3-6,9-14,16H2,1-2H3. The van der Waals surface area contributed by atoms with Gasteiger partial charge in [0.15, 0.2) is 0 Å². The van der Waals surface area contributed by atoms with E-state index in [1.165, 1.54) is 11.3 Å². The van der Waals surface area contributed by atoms with Gasteiger partial charge in [-0.1, -0.05) is 20.3 Å². The van der Waals surface area contributed by atoms with Crippen molar-refractivity contribution >= 4 is 23.6 Å². The number of fused-ring (bicyclic) bond motifs is 1. The molecule has 4 rings (SSSR count). The molecule has 3 aliphatic heterocycles. The number of piperidine rings is 2. The Labute approximate surface area is 189 Å². The molecule has 0 N–H and O–H groups in total. The lowest BCUT2D eigenvalue weighted by Crippen LogP contribution is -2.47. The zero-order chi connectivity index (χ0) is 22.8. The predicted molar refractivity (Wildman–Crippen MR) is 120 cm³/mol. The van der Waals surface area contributed by atoms with Crippen LogP contribution >= 0.6 is 0 Å². The summed E-state index contributed by atoms with van der Waals surface area (Å²) in [5.41, 5.74) is 1.13. The number of amides is 4. The van der Waals surface area contributed by atoms with E-state index in [9.17, 15) is 19.2 Å². The minimum atomic E-state index is -0.312. The number of carbonyl (C=O) groups excluding carboxylic acids is 4. The van der Waals surface area contributed by atoms with Gasteiger partial charge in [-0.05, 0) is 56.2 Å². The maximum atomic E-state index is 13.1. The van der Waals surface area contributed by atoms with E-state index in [0.29, 0.717) is 55.1 Å². The van der Waals surface area contributed by atoms with E-state index in [2.05, 4.69) is 6.92 Å². The van der Waals surface area contributed by atoms with E-state index in [1.54, 1.807) is 23.1 Å². The Morgan fingerprint density at radius 3 is 2.38 bits per heavy atom. The molecule has 2 saturated heterocycles. The number of hydrogen-bond donors (Lipinski definition) is 0. The Morgan fingerprint density at radius 2 is 1.69 bits per heavy atom. The number of imide groups is 1. The number of rotatable bonds is 5. The van der Waals surface area contributed by atoms with E-state index >= 15 is 0 Å². The van der Waals surface area contributed by atoms with Gasteiger partial charge in [0, 0.05) is 44.2 Å². The summed E-state index contributed by atoms with van der Waals surface area (Å²) in [6.07, 6.45) is 5.25. The van der Waals surface area contributed by atoms with Crippen LogP contribution in [0.4, 0.5) is 0 Å². The fourth-order valence-corrected chi connectivity index (χ4v) is 5.10. The molecule has 32 heavy (non-hydrogen) atoms. The lowest BCUT2D eigenvalue weighted by atomic mass is 9.92. The molecular formula is C25H33N3O4. The SMILES string of the molecule is CCCCN1C(=O)c2ccc(C(=O)N3CCC(C(=O)N4CCCC(C)C4)CC3)cc2C1=O. The predicted octanol–water partition coefficient (Wildman–Crippen LogP) is 3.19. The third-order valence-electron chi connectivity index (χ3n) is 7.05. The molecule has 3 aliphatic rings. The van der Waals surface area contributed by atoms with Crippen molar-refractivity contribution in [2.75, 3.05) is 32.7 Å². The number of nitrogens with zero attached hydrogens (tertiary/aromatic N) is 3. The first kappa shape index (κ1) is 22.5. The number of unbranched alkanes of at least 4 members (excludes halogenated alkanes) is 1. The highest BCUT2D eigenvalue weighted by molar-refractivity contribution is 6.22. The maximum Gasteiger partial charge on any atom is 0.261 e. The van der Waals surface area contributed by atoms with Crippen LogP contribution in [-0.4, -0.2) is 71.1 Å². The van der Waals surface area contributed by atoms with Crippen molar-refractivity contribution in [1.29, 1.82) is 0 Å². The van der Waals surface area contributed by atoms with Crippen LogP contribution in [0.15, 0.2) is 18.2 Å². The van der Waals surface area contributed by atoms with Crippen LogP contribution in [0.5, 0.6) is 0 Å². The summed E-state index contributed by atoms with van der Waals surface area (Å²) in [5, 5.41) is 0. The van der Waals surface area contributed by atoms with Crippen LogP contribution in [0.2, 0.25) is 0 Å². The van der Waals surface area contributed by atoms with Gasteiger partial charge in [-0.3, -0.25) is 24.1 Å². The highest BCUT2D eigenvalue weighted by atomic mass is 16.2. The van der Waals surface area contributed by atoms with Crippen LogP contribution < -0.4 is 0 Å². The van der Waals surface area contributed by atoms with Gasteiger partial charge >= 0.3 is 0 Å². The Balaban J connectivity index is 1.38. The molecule has 1 aromatic carbocycles. The lowest BCUT2D eigenvalue weighted by molar-refractivity contribution is -0.138. The fourth-order valence-electron chi connectivity index (χ4n) is 5.10.